The fourth-order valence-corrected chi connectivity index (χ4v) is 2.30. The number of hydrogen-bond donors (Lipinski definition) is 0. The largest absolute Gasteiger partial charge is 0.497 e. The Morgan fingerprint density at radius 3 is 2.39 bits per heavy atom. The molecule has 0 saturated heterocycles. The molecule has 0 aliphatic carbocycles. The fourth-order valence-electron chi connectivity index (χ4n) is 2.06. The van der Waals surface area contributed by atoms with Gasteiger partial charge in [0.15, 0.2) is 5.78 Å². The highest BCUT2D eigenvalue weighted by Gasteiger charge is 2.14. The predicted molar refractivity (Wildman–Crippen MR) is 90.9 cm³/mol. The minimum atomic E-state index is -0.214. The highest BCUT2D eigenvalue weighted by atomic mass is 35.5. The molecule has 4 nitrogen and oxygen atoms in total. The van der Waals surface area contributed by atoms with Crippen LogP contribution in [0.15, 0.2) is 42.5 Å². The number of allylic oxidation sites excluding steroid dienone is 1. The van der Waals surface area contributed by atoms with Gasteiger partial charge >= 0.3 is 0 Å². The second kappa shape index (κ2) is 7.70. The number of rotatable bonds is 6. The molecule has 0 N–H and O–H groups in total. The Bertz CT molecular complexity index is 738. The highest BCUT2D eigenvalue weighted by molar-refractivity contribution is 6.32. The monoisotopic (exact) mass is 332 g/mol. The molecule has 0 aliphatic rings. The van der Waals surface area contributed by atoms with Crippen molar-refractivity contribution in [1.82, 2.24) is 0 Å². The normalized spacial score (nSPS) is 10.6. The van der Waals surface area contributed by atoms with Crippen LogP contribution in [-0.4, -0.2) is 27.1 Å². The molecule has 0 aliphatic heterocycles. The van der Waals surface area contributed by atoms with E-state index in [-0.39, 0.29) is 5.78 Å². The first kappa shape index (κ1) is 16.9. The van der Waals surface area contributed by atoms with Crippen molar-refractivity contribution in [3.05, 3.63) is 58.6 Å². The Morgan fingerprint density at radius 1 is 1.00 bits per heavy atom. The Hall–Kier alpha value is -2.46. The number of hydrogen-bond acceptors (Lipinski definition) is 4. The number of benzene rings is 2. The number of carbonyl (C=O) groups is 1. The van der Waals surface area contributed by atoms with Crippen LogP contribution in [0.4, 0.5) is 0 Å². The van der Waals surface area contributed by atoms with Gasteiger partial charge in [-0.3, -0.25) is 4.79 Å². The van der Waals surface area contributed by atoms with Crippen molar-refractivity contribution in [2.45, 2.75) is 0 Å². The van der Waals surface area contributed by atoms with E-state index in [1.807, 2.05) is 24.3 Å². The van der Waals surface area contributed by atoms with Gasteiger partial charge in [0, 0.05) is 6.07 Å². The Morgan fingerprint density at radius 2 is 1.74 bits per heavy atom. The lowest BCUT2D eigenvalue weighted by atomic mass is 10.1. The molecule has 0 fully saturated rings. The standard InChI is InChI=1S/C18H17ClO4/c1-21-13-6-4-5-12(9-13)7-8-16(20)14-10-15(19)18(23-3)11-17(14)22-2/h4-11H,1-3H3/b8-7+. The summed E-state index contributed by atoms with van der Waals surface area (Å²) >= 11 is 6.09. The zero-order valence-electron chi connectivity index (χ0n) is 13.1. The third-order valence-electron chi connectivity index (χ3n) is 3.26. The molecule has 0 heterocycles. The summed E-state index contributed by atoms with van der Waals surface area (Å²) in [6.45, 7) is 0. The molecule has 0 amide bonds. The molecule has 0 unspecified atom stereocenters. The van der Waals surface area contributed by atoms with Gasteiger partial charge in [0.1, 0.15) is 17.2 Å². The van der Waals surface area contributed by atoms with Crippen molar-refractivity contribution in [3.8, 4) is 17.2 Å². The lowest BCUT2D eigenvalue weighted by Gasteiger charge is -2.10. The van der Waals surface area contributed by atoms with E-state index in [1.54, 1.807) is 19.3 Å². The van der Waals surface area contributed by atoms with Crippen molar-refractivity contribution < 1.29 is 19.0 Å². The van der Waals surface area contributed by atoms with Gasteiger partial charge in [-0.25, -0.2) is 0 Å². The van der Waals surface area contributed by atoms with Crippen LogP contribution in [0.1, 0.15) is 15.9 Å². The van der Waals surface area contributed by atoms with E-state index in [0.29, 0.717) is 22.1 Å². The van der Waals surface area contributed by atoms with Crippen LogP contribution < -0.4 is 14.2 Å². The SMILES string of the molecule is COc1cccc(/C=C/C(=O)c2cc(Cl)c(OC)cc2OC)c1. The van der Waals surface area contributed by atoms with Crippen molar-refractivity contribution in [3.63, 3.8) is 0 Å². The summed E-state index contributed by atoms with van der Waals surface area (Å²) in [6.07, 6.45) is 3.18. The van der Waals surface area contributed by atoms with E-state index in [2.05, 4.69) is 0 Å². The molecule has 0 bridgehead atoms. The first-order valence-electron chi connectivity index (χ1n) is 6.87. The van der Waals surface area contributed by atoms with Gasteiger partial charge in [0.2, 0.25) is 0 Å². The lowest BCUT2D eigenvalue weighted by Crippen LogP contribution is -2.00. The van der Waals surface area contributed by atoms with Gasteiger partial charge in [-0.05, 0) is 29.8 Å². The fraction of sp³-hybridized carbons (Fsp3) is 0.167. The molecule has 2 rings (SSSR count). The maximum Gasteiger partial charge on any atom is 0.189 e. The van der Waals surface area contributed by atoms with Crippen LogP contribution in [0.3, 0.4) is 0 Å². The molecule has 23 heavy (non-hydrogen) atoms. The van der Waals surface area contributed by atoms with E-state index in [0.717, 1.165) is 11.3 Å². The highest BCUT2D eigenvalue weighted by Crippen LogP contribution is 2.33. The van der Waals surface area contributed by atoms with Crippen LogP contribution >= 0.6 is 11.6 Å². The Balaban J connectivity index is 2.29. The average Bonchev–Trinajstić information content (AvgIpc) is 2.59. The van der Waals surface area contributed by atoms with Crippen molar-refractivity contribution in [2.75, 3.05) is 21.3 Å². The van der Waals surface area contributed by atoms with Gasteiger partial charge in [0.25, 0.3) is 0 Å². The van der Waals surface area contributed by atoms with Crippen LogP contribution in [-0.2, 0) is 0 Å². The Kier molecular flexibility index (Phi) is 5.66. The van der Waals surface area contributed by atoms with Crippen LogP contribution in [0, 0.1) is 0 Å². The van der Waals surface area contributed by atoms with E-state index < -0.39 is 0 Å². The van der Waals surface area contributed by atoms with Gasteiger partial charge in [-0.15, -0.1) is 0 Å². The molecule has 5 heteroatoms. The summed E-state index contributed by atoms with van der Waals surface area (Å²) < 4.78 is 15.5. The summed E-state index contributed by atoms with van der Waals surface area (Å²) in [5, 5.41) is 0.353. The molecule has 2 aromatic carbocycles. The molecule has 0 radical (unpaired) electrons. The Labute approximate surface area is 140 Å². The second-order valence-corrected chi connectivity index (χ2v) is 5.07. The molecule has 0 saturated carbocycles. The first-order chi connectivity index (χ1) is 11.1. The van der Waals surface area contributed by atoms with Gasteiger partial charge in [-0.1, -0.05) is 29.8 Å². The van der Waals surface area contributed by atoms with Gasteiger partial charge in [-0.2, -0.15) is 0 Å². The van der Waals surface area contributed by atoms with Crippen molar-refractivity contribution in [2.24, 2.45) is 0 Å². The molecule has 120 valence electrons. The molecule has 0 spiro atoms. The van der Waals surface area contributed by atoms with E-state index in [1.165, 1.54) is 26.4 Å². The summed E-state index contributed by atoms with van der Waals surface area (Å²) in [5.74, 6) is 1.38. The van der Waals surface area contributed by atoms with Crippen molar-refractivity contribution >= 4 is 23.5 Å². The topological polar surface area (TPSA) is 44.8 Å². The third kappa shape index (κ3) is 4.05. The van der Waals surface area contributed by atoms with Crippen molar-refractivity contribution in [1.29, 1.82) is 0 Å². The van der Waals surface area contributed by atoms with Crippen LogP contribution in [0.2, 0.25) is 5.02 Å². The molecule has 0 aromatic heterocycles. The summed E-state index contributed by atoms with van der Waals surface area (Å²) in [6, 6.07) is 10.5. The molecule has 2 aromatic rings. The maximum atomic E-state index is 12.4. The summed E-state index contributed by atoms with van der Waals surface area (Å²) in [5.41, 5.74) is 1.23. The van der Waals surface area contributed by atoms with E-state index in [9.17, 15) is 4.79 Å². The minimum Gasteiger partial charge on any atom is -0.497 e. The molecular formula is C18H17ClO4. The predicted octanol–water partition coefficient (Wildman–Crippen LogP) is 4.26. The average molecular weight is 333 g/mol. The smallest absolute Gasteiger partial charge is 0.189 e. The first-order valence-corrected chi connectivity index (χ1v) is 7.24. The lowest BCUT2D eigenvalue weighted by molar-refractivity contribution is 0.104. The third-order valence-corrected chi connectivity index (χ3v) is 3.56. The zero-order valence-corrected chi connectivity index (χ0v) is 13.9. The second-order valence-electron chi connectivity index (χ2n) is 4.66. The summed E-state index contributed by atoms with van der Waals surface area (Å²) in [7, 11) is 4.59. The maximum absolute atomic E-state index is 12.4. The van der Waals surface area contributed by atoms with E-state index in [4.69, 9.17) is 25.8 Å². The number of methoxy groups -OCH3 is 3. The minimum absolute atomic E-state index is 0.214. The number of ether oxygens (including phenoxy) is 3. The van der Waals surface area contributed by atoms with Crippen LogP contribution in [0.25, 0.3) is 6.08 Å². The quantitative estimate of drug-likeness (QED) is 0.585. The number of carbonyl (C=O) groups excluding carboxylic acids is 1. The number of ketones is 1. The zero-order chi connectivity index (χ0) is 16.8. The number of halogens is 1. The van der Waals surface area contributed by atoms with Gasteiger partial charge < -0.3 is 14.2 Å². The van der Waals surface area contributed by atoms with Gasteiger partial charge in [0.05, 0.1) is 31.9 Å². The van der Waals surface area contributed by atoms with Crippen LogP contribution in [0.5, 0.6) is 17.2 Å². The van der Waals surface area contributed by atoms with E-state index >= 15 is 0 Å². The summed E-state index contributed by atoms with van der Waals surface area (Å²) in [4.78, 5) is 12.4. The molecule has 0 atom stereocenters. The molecular weight excluding hydrogens is 316 g/mol.